The van der Waals surface area contributed by atoms with E-state index in [0.717, 1.165) is 6.42 Å². The number of carbonyl (C=O) groups excluding carboxylic acids is 2. The molecule has 0 unspecified atom stereocenters. The molecule has 0 aromatic rings. The van der Waals surface area contributed by atoms with Gasteiger partial charge in [0.05, 0.1) is 19.4 Å². The van der Waals surface area contributed by atoms with Gasteiger partial charge < -0.3 is 9.47 Å². The van der Waals surface area contributed by atoms with Crippen molar-refractivity contribution in [1.82, 2.24) is 0 Å². The number of hydrogen-bond donors (Lipinski definition) is 0. The van der Waals surface area contributed by atoms with Gasteiger partial charge in [-0.3, -0.25) is 9.59 Å². The Bertz CT molecular complexity index is 317. The monoisotopic (exact) mass is 338 g/mol. The highest BCUT2D eigenvalue weighted by molar-refractivity contribution is 6.44. The predicted octanol–water partition coefficient (Wildman–Crippen LogP) is 4.18. The van der Waals surface area contributed by atoms with Crippen LogP contribution in [0.5, 0.6) is 0 Å². The minimum Gasteiger partial charge on any atom is -0.465 e. The van der Waals surface area contributed by atoms with Crippen LogP contribution in [0.3, 0.4) is 0 Å². The number of hydrogen-bond acceptors (Lipinski definition) is 4. The van der Waals surface area contributed by atoms with Gasteiger partial charge in [0.1, 0.15) is 11.4 Å². The topological polar surface area (TPSA) is 52.6 Å². The second-order valence-electron chi connectivity index (χ2n) is 4.55. The number of ether oxygens (including phenoxy) is 2. The van der Waals surface area contributed by atoms with Gasteiger partial charge in [-0.05, 0) is 19.3 Å². The SMILES string of the molecule is CCCCC/C=C/CCOC(=O)CCC(=O)OCC(Cl)Cl. The van der Waals surface area contributed by atoms with Crippen molar-refractivity contribution in [3.05, 3.63) is 12.2 Å². The molecule has 0 heterocycles. The second kappa shape index (κ2) is 14.2. The Morgan fingerprint density at radius 3 is 2.24 bits per heavy atom. The van der Waals surface area contributed by atoms with Crippen molar-refractivity contribution >= 4 is 35.1 Å². The van der Waals surface area contributed by atoms with E-state index in [1.807, 2.05) is 6.08 Å². The van der Waals surface area contributed by atoms with Crippen molar-refractivity contribution in [3.63, 3.8) is 0 Å². The van der Waals surface area contributed by atoms with Gasteiger partial charge >= 0.3 is 11.9 Å². The molecule has 0 saturated heterocycles. The van der Waals surface area contributed by atoms with Crippen LogP contribution >= 0.6 is 23.2 Å². The molecule has 0 spiro atoms. The Balaban J connectivity index is 3.48. The van der Waals surface area contributed by atoms with Crippen LogP contribution in [0.2, 0.25) is 0 Å². The first kappa shape index (κ1) is 20.3. The summed E-state index contributed by atoms with van der Waals surface area (Å²) in [5.74, 6) is -0.909. The van der Waals surface area contributed by atoms with Gasteiger partial charge in [0.2, 0.25) is 0 Å². The van der Waals surface area contributed by atoms with E-state index in [4.69, 9.17) is 32.7 Å². The first-order valence-electron chi connectivity index (χ1n) is 7.30. The van der Waals surface area contributed by atoms with Crippen LogP contribution in [0.1, 0.15) is 51.9 Å². The molecular weight excluding hydrogens is 315 g/mol. The van der Waals surface area contributed by atoms with Crippen LogP contribution in [0, 0.1) is 0 Å². The van der Waals surface area contributed by atoms with Crippen molar-refractivity contribution in [2.75, 3.05) is 13.2 Å². The predicted molar refractivity (Wildman–Crippen MR) is 84.5 cm³/mol. The van der Waals surface area contributed by atoms with Crippen molar-refractivity contribution in [1.29, 1.82) is 0 Å². The van der Waals surface area contributed by atoms with E-state index in [9.17, 15) is 9.59 Å². The van der Waals surface area contributed by atoms with Crippen LogP contribution in [0.4, 0.5) is 0 Å². The Morgan fingerprint density at radius 2 is 1.62 bits per heavy atom. The smallest absolute Gasteiger partial charge is 0.306 e. The lowest BCUT2D eigenvalue weighted by Gasteiger charge is -2.05. The third-order valence-electron chi connectivity index (χ3n) is 2.59. The van der Waals surface area contributed by atoms with Crippen LogP contribution < -0.4 is 0 Å². The van der Waals surface area contributed by atoms with Gasteiger partial charge in [-0.25, -0.2) is 0 Å². The summed E-state index contributed by atoms with van der Waals surface area (Å²) in [6.45, 7) is 2.44. The zero-order valence-corrected chi connectivity index (χ0v) is 14.0. The number of alkyl halides is 2. The Morgan fingerprint density at radius 1 is 1.00 bits per heavy atom. The summed E-state index contributed by atoms with van der Waals surface area (Å²) in [5, 5.41) is 0. The molecule has 0 aliphatic rings. The van der Waals surface area contributed by atoms with Gasteiger partial charge in [-0.2, -0.15) is 0 Å². The lowest BCUT2D eigenvalue weighted by Crippen LogP contribution is -2.13. The fourth-order valence-electron chi connectivity index (χ4n) is 1.49. The van der Waals surface area contributed by atoms with Crippen LogP contribution in [-0.4, -0.2) is 30.0 Å². The lowest BCUT2D eigenvalue weighted by molar-refractivity contribution is -0.150. The summed E-state index contributed by atoms with van der Waals surface area (Å²) in [7, 11) is 0. The van der Waals surface area contributed by atoms with E-state index < -0.39 is 16.8 Å². The summed E-state index contributed by atoms with van der Waals surface area (Å²) in [6, 6.07) is 0. The fourth-order valence-corrected chi connectivity index (χ4v) is 1.62. The molecule has 0 bridgehead atoms. The molecule has 0 aromatic heterocycles. The molecule has 0 amide bonds. The molecule has 0 saturated carbocycles. The largest absolute Gasteiger partial charge is 0.465 e. The van der Waals surface area contributed by atoms with Gasteiger partial charge in [-0.15, -0.1) is 23.2 Å². The molecule has 0 N–H and O–H groups in total. The molecule has 0 aliphatic carbocycles. The highest BCUT2D eigenvalue weighted by Crippen LogP contribution is 2.04. The lowest BCUT2D eigenvalue weighted by atomic mass is 10.2. The maximum atomic E-state index is 11.4. The second-order valence-corrected chi connectivity index (χ2v) is 5.83. The number of carbonyl (C=O) groups is 2. The zero-order valence-electron chi connectivity index (χ0n) is 12.5. The maximum absolute atomic E-state index is 11.4. The average Bonchev–Trinajstić information content (AvgIpc) is 2.45. The first-order chi connectivity index (χ1) is 10.1. The van der Waals surface area contributed by atoms with Crippen molar-refractivity contribution in [2.24, 2.45) is 0 Å². The van der Waals surface area contributed by atoms with E-state index in [-0.39, 0.29) is 19.4 Å². The van der Waals surface area contributed by atoms with Crippen molar-refractivity contribution in [3.8, 4) is 0 Å². The molecule has 0 aliphatic heterocycles. The van der Waals surface area contributed by atoms with Crippen molar-refractivity contribution in [2.45, 2.75) is 56.7 Å². The van der Waals surface area contributed by atoms with Gasteiger partial charge in [0.25, 0.3) is 0 Å². The number of unbranched alkanes of at least 4 members (excludes halogenated alkanes) is 3. The van der Waals surface area contributed by atoms with Gasteiger partial charge in [-0.1, -0.05) is 31.9 Å². The average molecular weight is 339 g/mol. The minimum absolute atomic E-state index is 0.00822. The van der Waals surface area contributed by atoms with E-state index in [1.54, 1.807) is 0 Å². The number of halogens is 2. The molecular formula is C15H24Cl2O4. The highest BCUT2D eigenvalue weighted by Gasteiger charge is 2.10. The van der Waals surface area contributed by atoms with E-state index >= 15 is 0 Å². The summed E-state index contributed by atoms with van der Waals surface area (Å²) in [6.07, 6.45) is 9.51. The highest BCUT2D eigenvalue weighted by atomic mass is 35.5. The molecule has 122 valence electrons. The van der Waals surface area contributed by atoms with Gasteiger partial charge in [0, 0.05) is 0 Å². The first-order valence-corrected chi connectivity index (χ1v) is 8.18. The number of allylic oxidation sites excluding steroid dienone is 1. The van der Waals surface area contributed by atoms with Crippen LogP contribution in [-0.2, 0) is 19.1 Å². The zero-order chi connectivity index (χ0) is 15.9. The fraction of sp³-hybridized carbons (Fsp3) is 0.733. The molecule has 0 aromatic carbocycles. The summed E-state index contributed by atoms with van der Waals surface area (Å²) in [4.78, 5) is 21.8. The summed E-state index contributed by atoms with van der Waals surface area (Å²) < 4.78 is 9.72. The van der Waals surface area contributed by atoms with E-state index in [1.165, 1.54) is 19.3 Å². The van der Waals surface area contributed by atoms with Crippen molar-refractivity contribution < 1.29 is 19.1 Å². The molecule has 0 atom stereocenters. The normalized spacial score (nSPS) is 11.0. The standard InChI is InChI=1S/C15H24Cl2O4/c1-2-3-4-5-6-7-8-11-20-14(18)9-10-15(19)21-12-13(16)17/h6-7,13H,2-5,8-12H2,1H3/b7-6+. The van der Waals surface area contributed by atoms with Crippen LogP contribution in [0.15, 0.2) is 12.2 Å². The minimum atomic E-state index is -0.745. The Labute approximate surface area is 136 Å². The Kier molecular flexibility index (Phi) is 13.7. The summed E-state index contributed by atoms with van der Waals surface area (Å²) in [5.41, 5.74) is 0. The third-order valence-corrected chi connectivity index (χ3v) is 2.84. The molecule has 0 radical (unpaired) electrons. The van der Waals surface area contributed by atoms with Gasteiger partial charge in [0.15, 0.2) is 0 Å². The third kappa shape index (κ3) is 15.5. The van der Waals surface area contributed by atoms with E-state index in [0.29, 0.717) is 13.0 Å². The molecule has 6 heteroatoms. The quantitative estimate of drug-likeness (QED) is 0.232. The molecule has 4 nitrogen and oxygen atoms in total. The maximum Gasteiger partial charge on any atom is 0.306 e. The molecule has 0 rings (SSSR count). The van der Waals surface area contributed by atoms with Crippen LogP contribution in [0.25, 0.3) is 0 Å². The van der Waals surface area contributed by atoms with E-state index in [2.05, 4.69) is 13.0 Å². The molecule has 0 fully saturated rings. The summed E-state index contributed by atoms with van der Waals surface area (Å²) >= 11 is 10.8. The Hall–Kier alpha value is -0.740. The number of rotatable bonds is 12. The number of esters is 2. The molecule has 21 heavy (non-hydrogen) atoms.